The van der Waals surface area contributed by atoms with Crippen molar-refractivity contribution in [3.63, 3.8) is 0 Å². The molecule has 0 rings (SSSR count). The molecular formula is C2H6Na2O4S. The van der Waals surface area contributed by atoms with Crippen molar-refractivity contribution in [1.82, 2.24) is 0 Å². The van der Waals surface area contributed by atoms with Crippen LogP contribution >= 0.6 is 0 Å². The van der Waals surface area contributed by atoms with Crippen molar-refractivity contribution in [2.75, 3.05) is 6.61 Å². The predicted molar refractivity (Wildman–Crippen MR) is 22.5 cm³/mol. The minimum atomic E-state index is -3.11. The van der Waals surface area contributed by atoms with Gasteiger partial charge < -0.3 is 14.2 Å². The van der Waals surface area contributed by atoms with Gasteiger partial charge in [0.25, 0.3) is 0 Å². The summed E-state index contributed by atoms with van der Waals surface area (Å²) in [5, 5.41) is 7.57. The minimum Gasteiger partial charge on any atom is -0.784 e. The summed E-state index contributed by atoms with van der Waals surface area (Å²) in [5.74, 6) is 0. The summed E-state index contributed by atoms with van der Waals surface area (Å²) in [6, 6.07) is 0. The first kappa shape index (κ1) is 22.5. The Morgan fingerprint density at radius 1 is 1.44 bits per heavy atom. The van der Waals surface area contributed by atoms with E-state index in [4.69, 9.17) is 18.4 Å². The molecule has 0 aliphatic rings. The van der Waals surface area contributed by atoms with E-state index in [1.165, 1.54) is 0 Å². The molecule has 0 saturated heterocycles. The van der Waals surface area contributed by atoms with E-state index in [0.29, 0.717) is 0 Å². The average molecular weight is 172 g/mol. The zero-order valence-corrected chi connectivity index (χ0v) is 10.6. The Morgan fingerprint density at radius 3 is 1.44 bits per heavy atom. The summed E-state index contributed by atoms with van der Waals surface area (Å²) in [5.41, 5.74) is 0. The third-order valence-electron chi connectivity index (χ3n) is 0. The van der Waals surface area contributed by atoms with Gasteiger partial charge in [-0.3, -0.25) is 4.21 Å². The molecule has 0 aromatic carbocycles. The first-order chi connectivity index (χ1) is 3.15. The summed E-state index contributed by atoms with van der Waals surface area (Å²) in [6.07, 6.45) is 0. The first-order valence-electron chi connectivity index (χ1n) is 1.52. The molecule has 0 bridgehead atoms. The molecule has 0 aliphatic carbocycles. The second-order valence-corrected chi connectivity index (χ2v) is 0.929. The molecule has 0 amide bonds. The zero-order valence-electron chi connectivity index (χ0n) is 5.79. The number of aliphatic hydroxyl groups is 1. The molecule has 0 unspecified atom stereocenters. The fourth-order valence-corrected chi connectivity index (χ4v) is 0. The summed E-state index contributed by atoms with van der Waals surface area (Å²) in [7, 11) is 0. The summed E-state index contributed by atoms with van der Waals surface area (Å²) in [6.45, 7) is 1.93. The van der Waals surface area contributed by atoms with Gasteiger partial charge in [0.05, 0.1) is 0 Å². The maximum Gasteiger partial charge on any atom is 1.00 e. The van der Waals surface area contributed by atoms with Gasteiger partial charge in [0.15, 0.2) is 0 Å². The van der Waals surface area contributed by atoms with Crippen LogP contribution in [-0.2, 0) is 11.4 Å². The molecule has 0 heterocycles. The molecule has 0 atom stereocenters. The average Bonchev–Trinajstić information content (AvgIpc) is 1.33. The maximum absolute atomic E-state index is 8.44. The molecule has 4 nitrogen and oxygen atoms in total. The Morgan fingerprint density at radius 2 is 1.44 bits per heavy atom. The standard InChI is InChI=1S/C2H6O.2Na.H2O3S/c1-2-3;;;1-4(2)3/h3H,2H2,1H3;;;(H2,1,2,3)/q;2*+1;/p-2. The van der Waals surface area contributed by atoms with Gasteiger partial charge in [-0.15, -0.1) is 11.4 Å². The maximum atomic E-state index is 8.44. The Hall–Kier alpha value is 2.03. The van der Waals surface area contributed by atoms with E-state index in [1.54, 1.807) is 6.92 Å². The molecular weight excluding hydrogens is 166 g/mol. The van der Waals surface area contributed by atoms with Crippen LogP contribution in [0.2, 0.25) is 0 Å². The van der Waals surface area contributed by atoms with Crippen LogP contribution in [0, 0.1) is 0 Å². The van der Waals surface area contributed by atoms with Crippen molar-refractivity contribution in [3.8, 4) is 0 Å². The molecule has 7 heteroatoms. The van der Waals surface area contributed by atoms with Crippen LogP contribution in [0.4, 0.5) is 0 Å². The number of rotatable bonds is 0. The van der Waals surface area contributed by atoms with Gasteiger partial charge in [-0.25, -0.2) is 0 Å². The van der Waals surface area contributed by atoms with Crippen molar-refractivity contribution in [1.29, 1.82) is 0 Å². The molecule has 0 aliphatic heterocycles. The van der Waals surface area contributed by atoms with Crippen LogP contribution in [0.15, 0.2) is 0 Å². The Labute approximate surface area is 101 Å². The van der Waals surface area contributed by atoms with Gasteiger partial charge in [0, 0.05) is 6.61 Å². The van der Waals surface area contributed by atoms with Crippen LogP contribution in [0.25, 0.3) is 0 Å². The molecule has 1 N–H and O–H groups in total. The molecule has 0 fully saturated rings. The third kappa shape index (κ3) is 157. The second kappa shape index (κ2) is 22.5. The van der Waals surface area contributed by atoms with Gasteiger partial charge >= 0.3 is 59.1 Å². The van der Waals surface area contributed by atoms with Crippen molar-refractivity contribution in [3.05, 3.63) is 0 Å². The molecule has 46 valence electrons. The Balaban J connectivity index is -0.0000000233. The summed E-state index contributed by atoms with van der Waals surface area (Å²) >= 11 is -3.11. The van der Waals surface area contributed by atoms with Gasteiger partial charge in [0.1, 0.15) is 0 Å². The van der Waals surface area contributed by atoms with Crippen LogP contribution in [0.3, 0.4) is 0 Å². The quantitative estimate of drug-likeness (QED) is 0.291. The van der Waals surface area contributed by atoms with E-state index in [0.717, 1.165) is 0 Å². The molecule has 0 radical (unpaired) electrons. The number of hydrogen-bond acceptors (Lipinski definition) is 4. The summed E-state index contributed by atoms with van der Waals surface area (Å²) < 4.78 is 25.3. The van der Waals surface area contributed by atoms with E-state index >= 15 is 0 Å². The van der Waals surface area contributed by atoms with E-state index in [9.17, 15) is 0 Å². The first-order valence-corrected chi connectivity index (χ1v) is 2.52. The normalized spacial score (nSPS) is 5.89. The Kier molecular flexibility index (Phi) is 56.1. The van der Waals surface area contributed by atoms with Crippen LogP contribution < -0.4 is 59.1 Å². The minimum absolute atomic E-state index is 0. The van der Waals surface area contributed by atoms with Crippen molar-refractivity contribution in [2.45, 2.75) is 6.92 Å². The number of aliphatic hydroxyl groups excluding tert-OH is 1. The zero-order chi connectivity index (χ0) is 6.28. The topological polar surface area (TPSA) is 83.4 Å². The van der Waals surface area contributed by atoms with E-state index in [2.05, 4.69) is 0 Å². The van der Waals surface area contributed by atoms with Gasteiger partial charge in [-0.2, -0.15) is 0 Å². The van der Waals surface area contributed by atoms with Gasteiger partial charge in [-0.1, -0.05) is 0 Å². The van der Waals surface area contributed by atoms with Crippen molar-refractivity contribution >= 4 is 11.4 Å². The second-order valence-electron chi connectivity index (χ2n) is 0.520. The van der Waals surface area contributed by atoms with Crippen molar-refractivity contribution < 1.29 is 77.5 Å². The van der Waals surface area contributed by atoms with Crippen LogP contribution in [0.5, 0.6) is 0 Å². The van der Waals surface area contributed by atoms with E-state index in [1.807, 2.05) is 0 Å². The molecule has 0 aromatic rings. The molecule has 0 spiro atoms. The van der Waals surface area contributed by atoms with E-state index in [-0.39, 0.29) is 65.7 Å². The monoisotopic (exact) mass is 172 g/mol. The Bertz CT molecular complexity index is 47.8. The number of hydrogen-bond donors (Lipinski definition) is 1. The fourth-order valence-electron chi connectivity index (χ4n) is 0. The largest absolute Gasteiger partial charge is 1.00 e. The predicted octanol–water partition coefficient (Wildman–Crippen LogP) is -7.00. The van der Waals surface area contributed by atoms with E-state index < -0.39 is 11.4 Å². The van der Waals surface area contributed by atoms with Crippen LogP contribution in [0.1, 0.15) is 6.92 Å². The third-order valence-corrected chi connectivity index (χ3v) is 0. The molecule has 0 saturated carbocycles. The molecule has 9 heavy (non-hydrogen) atoms. The SMILES string of the molecule is CCO.O=S([O-])[O-].[Na+].[Na+]. The smallest absolute Gasteiger partial charge is 0.784 e. The summed E-state index contributed by atoms with van der Waals surface area (Å²) in [4.78, 5) is 0. The van der Waals surface area contributed by atoms with Gasteiger partial charge in [0.2, 0.25) is 0 Å². The fraction of sp³-hybridized carbons (Fsp3) is 1.00. The van der Waals surface area contributed by atoms with Crippen LogP contribution in [-0.4, -0.2) is 25.0 Å². The van der Waals surface area contributed by atoms with Gasteiger partial charge in [-0.05, 0) is 6.92 Å². The molecule has 0 aromatic heterocycles. The van der Waals surface area contributed by atoms with Crippen molar-refractivity contribution in [2.24, 2.45) is 0 Å².